The van der Waals surface area contributed by atoms with Crippen molar-refractivity contribution in [3.05, 3.63) is 51.8 Å². The molecule has 0 saturated carbocycles. The van der Waals surface area contributed by atoms with E-state index in [-0.39, 0.29) is 5.69 Å². The number of nitrogens with one attached hydrogen (secondary N) is 1. The Bertz CT molecular complexity index is 519. The van der Waals surface area contributed by atoms with Crippen LogP contribution in [-0.4, -0.2) is 22.2 Å². The zero-order valence-corrected chi connectivity index (χ0v) is 9.21. The van der Waals surface area contributed by atoms with Gasteiger partial charge in [-0.1, -0.05) is 12.1 Å². The number of rotatable bonds is 4. The van der Waals surface area contributed by atoms with E-state index in [0.717, 1.165) is 11.3 Å². The zero-order chi connectivity index (χ0) is 12.3. The first-order valence-electron chi connectivity index (χ1n) is 5.00. The van der Waals surface area contributed by atoms with Gasteiger partial charge in [-0.2, -0.15) is 5.10 Å². The monoisotopic (exact) mass is 233 g/mol. The van der Waals surface area contributed by atoms with E-state index in [1.54, 1.807) is 7.11 Å². The molecule has 88 valence electrons. The Morgan fingerprint density at radius 1 is 1.41 bits per heavy atom. The van der Waals surface area contributed by atoms with Crippen molar-refractivity contribution in [2.75, 3.05) is 7.11 Å². The molecule has 0 bridgehead atoms. The quantitative estimate of drug-likeness (QED) is 0.646. The summed E-state index contributed by atoms with van der Waals surface area (Å²) < 4.78 is 5.04. The number of methoxy groups -OCH3 is 1. The van der Waals surface area contributed by atoms with Gasteiger partial charge in [0, 0.05) is 6.42 Å². The van der Waals surface area contributed by atoms with Gasteiger partial charge in [0.1, 0.15) is 17.6 Å². The van der Waals surface area contributed by atoms with Crippen molar-refractivity contribution in [2.24, 2.45) is 0 Å². The second kappa shape index (κ2) is 4.65. The Morgan fingerprint density at radius 3 is 2.71 bits per heavy atom. The third-order valence-electron chi connectivity index (χ3n) is 2.43. The standard InChI is InChI=1S/C11H11N3O3/c1-17-9-4-2-8(3-5-9)6-10-11(14(15)16)7-12-13-10/h2-5,7H,6H2,1H3,(H,12,13). The van der Waals surface area contributed by atoms with Gasteiger partial charge in [0.15, 0.2) is 0 Å². The van der Waals surface area contributed by atoms with Gasteiger partial charge in [-0.15, -0.1) is 0 Å². The SMILES string of the molecule is COc1ccc(Cc2[nH]ncc2[N+](=O)[O-])cc1. The minimum Gasteiger partial charge on any atom is -0.497 e. The highest BCUT2D eigenvalue weighted by Crippen LogP contribution is 2.19. The fourth-order valence-corrected chi connectivity index (χ4v) is 1.54. The first-order valence-corrected chi connectivity index (χ1v) is 5.00. The minimum absolute atomic E-state index is 0.0146. The van der Waals surface area contributed by atoms with Gasteiger partial charge in [-0.05, 0) is 17.7 Å². The van der Waals surface area contributed by atoms with Crippen LogP contribution in [0.25, 0.3) is 0 Å². The summed E-state index contributed by atoms with van der Waals surface area (Å²) in [5, 5.41) is 17.0. The molecule has 0 aliphatic rings. The molecule has 0 amide bonds. The molecular formula is C11H11N3O3. The molecule has 2 aromatic rings. The lowest BCUT2D eigenvalue weighted by molar-refractivity contribution is -0.385. The van der Waals surface area contributed by atoms with E-state index in [1.807, 2.05) is 24.3 Å². The number of hydrogen-bond donors (Lipinski definition) is 1. The van der Waals surface area contributed by atoms with Crippen molar-refractivity contribution in [1.82, 2.24) is 10.2 Å². The Balaban J connectivity index is 2.19. The molecule has 0 saturated heterocycles. The zero-order valence-electron chi connectivity index (χ0n) is 9.21. The molecular weight excluding hydrogens is 222 g/mol. The van der Waals surface area contributed by atoms with Gasteiger partial charge >= 0.3 is 5.69 Å². The predicted molar refractivity (Wildman–Crippen MR) is 61.0 cm³/mol. The van der Waals surface area contributed by atoms with Crippen LogP contribution >= 0.6 is 0 Å². The maximum Gasteiger partial charge on any atom is 0.310 e. The maximum atomic E-state index is 10.7. The third kappa shape index (κ3) is 2.41. The molecule has 0 aliphatic carbocycles. The smallest absolute Gasteiger partial charge is 0.310 e. The summed E-state index contributed by atoms with van der Waals surface area (Å²) in [5.41, 5.74) is 1.47. The molecule has 1 aromatic carbocycles. The first kappa shape index (κ1) is 11.1. The third-order valence-corrected chi connectivity index (χ3v) is 2.43. The van der Waals surface area contributed by atoms with Crippen molar-refractivity contribution in [2.45, 2.75) is 6.42 Å². The lowest BCUT2D eigenvalue weighted by Crippen LogP contribution is -1.95. The van der Waals surface area contributed by atoms with E-state index in [2.05, 4.69) is 10.2 Å². The molecule has 1 aromatic heterocycles. The van der Waals surface area contributed by atoms with Gasteiger partial charge in [0.05, 0.1) is 12.0 Å². The van der Waals surface area contributed by atoms with Crippen LogP contribution in [0.4, 0.5) is 5.69 Å². The summed E-state index contributed by atoms with van der Waals surface area (Å²) in [5.74, 6) is 0.757. The molecule has 1 heterocycles. The summed E-state index contributed by atoms with van der Waals surface area (Å²) in [6.45, 7) is 0. The predicted octanol–water partition coefficient (Wildman–Crippen LogP) is 1.92. The van der Waals surface area contributed by atoms with E-state index in [4.69, 9.17) is 4.74 Å². The lowest BCUT2D eigenvalue weighted by atomic mass is 10.1. The van der Waals surface area contributed by atoms with Crippen LogP contribution < -0.4 is 4.74 Å². The summed E-state index contributed by atoms with van der Waals surface area (Å²) in [6, 6.07) is 7.36. The van der Waals surface area contributed by atoms with Crippen LogP contribution in [0, 0.1) is 10.1 Å². The molecule has 0 atom stereocenters. The van der Waals surface area contributed by atoms with Crippen molar-refractivity contribution < 1.29 is 9.66 Å². The van der Waals surface area contributed by atoms with Crippen LogP contribution in [0.3, 0.4) is 0 Å². The highest BCUT2D eigenvalue weighted by Gasteiger charge is 2.15. The van der Waals surface area contributed by atoms with Crippen molar-refractivity contribution in [3.63, 3.8) is 0 Å². The van der Waals surface area contributed by atoms with Gasteiger partial charge in [0.2, 0.25) is 0 Å². The topological polar surface area (TPSA) is 81.0 Å². The number of benzene rings is 1. The maximum absolute atomic E-state index is 10.7. The van der Waals surface area contributed by atoms with Gasteiger partial charge in [-0.25, -0.2) is 0 Å². The molecule has 0 radical (unpaired) electrons. The second-order valence-electron chi connectivity index (χ2n) is 3.52. The highest BCUT2D eigenvalue weighted by atomic mass is 16.6. The molecule has 0 aliphatic heterocycles. The van der Waals surface area contributed by atoms with Gasteiger partial charge in [0.25, 0.3) is 0 Å². The fraction of sp³-hybridized carbons (Fsp3) is 0.182. The molecule has 0 unspecified atom stereocenters. The van der Waals surface area contributed by atoms with E-state index in [1.165, 1.54) is 6.20 Å². The van der Waals surface area contributed by atoms with Crippen molar-refractivity contribution in [3.8, 4) is 5.75 Å². The number of nitro groups is 1. The average Bonchev–Trinajstić information content (AvgIpc) is 2.78. The van der Waals surface area contributed by atoms with E-state index in [0.29, 0.717) is 12.1 Å². The van der Waals surface area contributed by atoms with E-state index in [9.17, 15) is 10.1 Å². The molecule has 6 heteroatoms. The van der Waals surface area contributed by atoms with Crippen LogP contribution in [0.2, 0.25) is 0 Å². The number of hydrogen-bond acceptors (Lipinski definition) is 4. The lowest BCUT2D eigenvalue weighted by Gasteiger charge is -2.01. The molecule has 0 fully saturated rings. The largest absolute Gasteiger partial charge is 0.497 e. The summed E-state index contributed by atoms with van der Waals surface area (Å²) in [6.07, 6.45) is 1.67. The number of nitrogens with zero attached hydrogens (tertiary/aromatic N) is 2. The molecule has 1 N–H and O–H groups in total. The summed E-state index contributed by atoms with van der Waals surface area (Å²) in [4.78, 5) is 10.3. The molecule has 6 nitrogen and oxygen atoms in total. The van der Waals surface area contributed by atoms with Gasteiger partial charge < -0.3 is 4.74 Å². The Labute approximate surface area is 97.4 Å². The number of ether oxygens (including phenoxy) is 1. The van der Waals surface area contributed by atoms with Crippen LogP contribution in [0.5, 0.6) is 5.75 Å². The van der Waals surface area contributed by atoms with Gasteiger partial charge in [-0.3, -0.25) is 15.2 Å². The Morgan fingerprint density at radius 2 is 2.12 bits per heavy atom. The molecule has 0 spiro atoms. The molecule has 2 rings (SSSR count). The minimum atomic E-state index is -0.442. The molecule has 17 heavy (non-hydrogen) atoms. The van der Waals surface area contributed by atoms with E-state index < -0.39 is 4.92 Å². The number of aromatic amines is 1. The Hall–Kier alpha value is -2.37. The number of H-pyrrole nitrogens is 1. The van der Waals surface area contributed by atoms with Crippen molar-refractivity contribution in [1.29, 1.82) is 0 Å². The van der Waals surface area contributed by atoms with Crippen LogP contribution in [0.1, 0.15) is 11.3 Å². The second-order valence-corrected chi connectivity index (χ2v) is 3.52. The summed E-state index contributed by atoms with van der Waals surface area (Å²) in [7, 11) is 1.59. The van der Waals surface area contributed by atoms with E-state index >= 15 is 0 Å². The Kier molecular flexibility index (Phi) is 3.04. The highest BCUT2D eigenvalue weighted by molar-refractivity contribution is 5.37. The average molecular weight is 233 g/mol. The fourth-order valence-electron chi connectivity index (χ4n) is 1.54. The van der Waals surface area contributed by atoms with Crippen LogP contribution in [0.15, 0.2) is 30.5 Å². The normalized spacial score (nSPS) is 10.2. The first-order chi connectivity index (χ1) is 8.20. The number of aromatic nitrogens is 2. The van der Waals surface area contributed by atoms with Crippen molar-refractivity contribution >= 4 is 5.69 Å². The van der Waals surface area contributed by atoms with Crippen LogP contribution in [-0.2, 0) is 6.42 Å². The summed E-state index contributed by atoms with van der Waals surface area (Å²) >= 11 is 0.